The minimum absolute atomic E-state index is 0. The fourth-order valence-electron chi connectivity index (χ4n) is 3.68. The van der Waals surface area contributed by atoms with Crippen molar-refractivity contribution in [1.82, 2.24) is 14.5 Å². The van der Waals surface area contributed by atoms with Crippen molar-refractivity contribution in [2.24, 2.45) is 5.73 Å². The number of benzene rings is 1. The number of anilines is 1. The molecule has 1 aromatic carbocycles. The first kappa shape index (κ1) is 19.2. The predicted molar refractivity (Wildman–Crippen MR) is 109 cm³/mol. The number of nitrogens with zero attached hydrogens (tertiary/aromatic N) is 5. The van der Waals surface area contributed by atoms with E-state index < -0.39 is 0 Å². The summed E-state index contributed by atoms with van der Waals surface area (Å²) in [5.74, 6) is 0.944. The zero-order chi connectivity index (χ0) is 18.1. The Bertz CT molecular complexity index is 959. The molecule has 1 aliphatic rings. The van der Waals surface area contributed by atoms with Crippen molar-refractivity contribution in [2.75, 3.05) is 18.0 Å². The highest BCUT2D eigenvalue weighted by Crippen LogP contribution is 2.31. The molecule has 1 saturated heterocycles. The molecule has 0 radical (unpaired) electrons. The summed E-state index contributed by atoms with van der Waals surface area (Å²) in [6, 6.07) is 14.2. The summed E-state index contributed by atoms with van der Waals surface area (Å²) < 4.78 is 2.24. The summed E-state index contributed by atoms with van der Waals surface area (Å²) >= 11 is 0. The Hall–Kier alpha value is -2.62. The van der Waals surface area contributed by atoms with Crippen LogP contribution < -0.4 is 10.6 Å². The lowest BCUT2D eigenvalue weighted by Crippen LogP contribution is -2.44. The van der Waals surface area contributed by atoms with Gasteiger partial charge in [-0.05, 0) is 44.0 Å². The van der Waals surface area contributed by atoms with Gasteiger partial charge in [0.05, 0.1) is 28.3 Å². The highest BCUT2D eigenvalue weighted by molar-refractivity contribution is 5.85. The van der Waals surface area contributed by atoms with Crippen molar-refractivity contribution >= 4 is 29.4 Å². The van der Waals surface area contributed by atoms with E-state index in [1.807, 2.05) is 30.3 Å². The highest BCUT2D eigenvalue weighted by atomic mass is 35.5. The molecule has 140 valence electrons. The van der Waals surface area contributed by atoms with Gasteiger partial charge in [0.1, 0.15) is 6.07 Å². The molecule has 0 spiro atoms. The van der Waals surface area contributed by atoms with E-state index in [-0.39, 0.29) is 24.5 Å². The Morgan fingerprint density at radius 2 is 2.07 bits per heavy atom. The Morgan fingerprint density at radius 1 is 1.26 bits per heavy atom. The number of fused-ring (bicyclic) bond motifs is 1. The average molecular weight is 383 g/mol. The molecule has 6 nitrogen and oxygen atoms in total. The van der Waals surface area contributed by atoms with E-state index in [1.54, 1.807) is 6.20 Å². The molecule has 2 atom stereocenters. The van der Waals surface area contributed by atoms with Crippen molar-refractivity contribution in [3.8, 4) is 6.07 Å². The van der Waals surface area contributed by atoms with Gasteiger partial charge in [0, 0.05) is 25.3 Å². The molecule has 1 unspecified atom stereocenters. The summed E-state index contributed by atoms with van der Waals surface area (Å²) in [5, 5.41) is 9.01. The topological polar surface area (TPSA) is 83.8 Å². The van der Waals surface area contributed by atoms with Crippen molar-refractivity contribution < 1.29 is 0 Å². The minimum atomic E-state index is 0. The lowest BCUT2D eigenvalue weighted by molar-refractivity contribution is 0.489. The third-order valence-electron chi connectivity index (χ3n) is 5.05. The van der Waals surface area contributed by atoms with Crippen LogP contribution in [0.3, 0.4) is 0 Å². The summed E-state index contributed by atoms with van der Waals surface area (Å²) in [6.45, 7) is 3.90. The zero-order valence-electron chi connectivity index (χ0n) is 15.2. The van der Waals surface area contributed by atoms with Gasteiger partial charge in [0.15, 0.2) is 0 Å². The molecule has 0 bridgehead atoms. The number of nitriles is 1. The Kier molecular flexibility index (Phi) is 5.64. The second-order valence-corrected chi connectivity index (χ2v) is 6.88. The Balaban J connectivity index is 0.00000210. The van der Waals surface area contributed by atoms with Gasteiger partial charge in [-0.2, -0.15) is 5.26 Å². The molecule has 1 aliphatic heterocycles. The number of hydrogen-bond donors (Lipinski definition) is 1. The lowest BCUT2D eigenvalue weighted by Gasteiger charge is -2.33. The van der Waals surface area contributed by atoms with Crippen molar-refractivity contribution in [3.63, 3.8) is 0 Å². The maximum absolute atomic E-state index is 9.01. The number of piperidine rings is 1. The number of rotatable bonds is 3. The number of halogens is 1. The smallest absolute Gasteiger partial charge is 0.207 e. The molecule has 3 heterocycles. The van der Waals surface area contributed by atoms with Crippen LogP contribution in [-0.4, -0.2) is 33.7 Å². The molecule has 1 fully saturated rings. The van der Waals surface area contributed by atoms with Crippen molar-refractivity contribution in [3.05, 3.63) is 53.9 Å². The van der Waals surface area contributed by atoms with E-state index >= 15 is 0 Å². The molecule has 4 rings (SSSR count). The number of aromatic nitrogens is 3. The standard InChI is InChI=1S/C20H22N6.ClH/c1-14(17-9-8-15(11-21)12-23-17)26-19-7-3-2-6-18(19)24-20(26)25-10-4-5-16(22)13-25;/h2-3,6-9,12,14,16H,4-5,10,13,22H2,1H3;1H/t14-,16?;/m0./s1. The van der Waals surface area contributed by atoms with E-state index in [9.17, 15) is 0 Å². The molecule has 3 aromatic rings. The molecule has 2 aromatic heterocycles. The quantitative estimate of drug-likeness (QED) is 0.751. The van der Waals surface area contributed by atoms with Gasteiger partial charge in [-0.25, -0.2) is 4.98 Å². The van der Waals surface area contributed by atoms with Crippen LogP contribution in [0.15, 0.2) is 42.6 Å². The van der Waals surface area contributed by atoms with Gasteiger partial charge in [0.2, 0.25) is 5.95 Å². The first-order valence-electron chi connectivity index (χ1n) is 9.01. The van der Waals surface area contributed by atoms with Gasteiger partial charge in [-0.15, -0.1) is 12.4 Å². The highest BCUT2D eigenvalue weighted by Gasteiger charge is 2.25. The summed E-state index contributed by atoms with van der Waals surface area (Å²) in [6.07, 6.45) is 3.76. The number of pyridine rings is 1. The van der Waals surface area contributed by atoms with E-state index in [1.165, 1.54) is 0 Å². The van der Waals surface area contributed by atoms with Crippen LogP contribution in [0.5, 0.6) is 0 Å². The van der Waals surface area contributed by atoms with Crippen LogP contribution in [0.1, 0.15) is 37.1 Å². The van der Waals surface area contributed by atoms with Crippen LogP contribution in [0.25, 0.3) is 11.0 Å². The number of imidazole rings is 1. The van der Waals surface area contributed by atoms with Crippen LogP contribution in [0.2, 0.25) is 0 Å². The van der Waals surface area contributed by atoms with Gasteiger partial charge >= 0.3 is 0 Å². The fraction of sp³-hybridized carbons (Fsp3) is 0.350. The zero-order valence-corrected chi connectivity index (χ0v) is 16.1. The van der Waals surface area contributed by atoms with E-state index in [0.29, 0.717) is 5.56 Å². The number of hydrogen-bond acceptors (Lipinski definition) is 5. The molecule has 0 aliphatic carbocycles. The first-order chi connectivity index (χ1) is 12.7. The SMILES string of the molecule is C[C@@H](c1ccc(C#N)cn1)n1c(N2CCCC(N)C2)nc2ccccc21.Cl. The average Bonchev–Trinajstić information content (AvgIpc) is 3.07. The minimum Gasteiger partial charge on any atom is -0.341 e. The monoisotopic (exact) mass is 382 g/mol. The molecule has 27 heavy (non-hydrogen) atoms. The molecular formula is C20H23ClN6. The maximum Gasteiger partial charge on any atom is 0.207 e. The van der Waals surface area contributed by atoms with Crippen LogP contribution in [-0.2, 0) is 0 Å². The summed E-state index contributed by atoms with van der Waals surface area (Å²) in [5.41, 5.74) is 9.74. The van der Waals surface area contributed by atoms with Crippen LogP contribution in [0.4, 0.5) is 5.95 Å². The van der Waals surface area contributed by atoms with E-state index in [4.69, 9.17) is 16.0 Å². The van der Waals surface area contributed by atoms with E-state index in [0.717, 1.165) is 48.6 Å². The first-order valence-corrected chi connectivity index (χ1v) is 9.01. The molecule has 0 saturated carbocycles. The fourth-order valence-corrected chi connectivity index (χ4v) is 3.68. The lowest BCUT2D eigenvalue weighted by atomic mass is 10.1. The maximum atomic E-state index is 9.01. The van der Waals surface area contributed by atoms with Gasteiger partial charge in [-0.1, -0.05) is 12.1 Å². The predicted octanol–water partition coefficient (Wildman–Crippen LogP) is 3.26. The third-order valence-corrected chi connectivity index (χ3v) is 5.05. The van der Waals surface area contributed by atoms with Crippen LogP contribution >= 0.6 is 12.4 Å². The van der Waals surface area contributed by atoms with E-state index in [2.05, 4.69) is 33.5 Å². The van der Waals surface area contributed by atoms with Crippen molar-refractivity contribution in [2.45, 2.75) is 31.8 Å². The second kappa shape index (κ2) is 7.95. The Morgan fingerprint density at radius 3 is 2.78 bits per heavy atom. The normalized spacial score (nSPS) is 18.0. The van der Waals surface area contributed by atoms with Gasteiger partial charge in [-0.3, -0.25) is 4.98 Å². The van der Waals surface area contributed by atoms with Crippen molar-refractivity contribution in [1.29, 1.82) is 5.26 Å². The second-order valence-electron chi connectivity index (χ2n) is 6.88. The molecular weight excluding hydrogens is 360 g/mol. The molecule has 0 amide bonds. The van der Waals surface area contributed by atoms with Gasteiger partial charge < -0.3 is 15.2 Å². The third kappa shape index (κ3) is 3.61. The summed E-state index contributed by atoms with van der Waals surface area (Å²) in [4.78, 5) is 11.7. The van der Waals surface area contributed by atoms with Crippen LogP contribution in [0, 0.1) is 11.3 Å². The largest absolute Gasteiger partial charge is 0.341 e. The van der Waals surface area contributed by atoms with Gasteiger partial charge in [0.25, 0.3) is 0 Å². The molecule has 2 N–H and O–H groups in total. The number of para-hydroxylation sites is 2. The number of nitrogens with two attached hydrogens (primary N) is 1. The Labute approximate surface area is 165 Å². The molecule has 7 heteroatoms. The summed E-state index contributed by atoms with van der Waals surface area (Å²) in [7, 11) is 0.